The van der Waals surface area contributed by atoms with Crippen molar-refractivity contribution in [2.24, 2.45) is 4.99 Å². The number of fused-ring (bicyclic) bond motifs is 6. The molecule has 2 aromatic heterocycles. The summed E-state index contributed by atoms with van der Waals surface area (Å²) < 4.78 is 154. The summed E-state index contributed by atoms with van der Waals surface area (Å²) in [6.07, 6.45) is 8.03. The van der Waals surface area contributed by atoms with E-state index in [0.717, 1.165) is 89.5 Å². The third kappa shape index (κ3) is 27.4. The van der Waals surface area contributed by atoms with Crippen molar-refractivity contribution in [1.29, 1.82) is 0 Å². The van der Waals surface area contributed by atoms with Crippen LogP contribution in [0.5, 0.6) is 0 Å². The van der Waals surface area contributed by atoms with Crippen molar-refractivity contribution >= 4 is 137 Å². The number of unbranched alkanes of at least 4 members (excludes halogenated alkanes) is 2. The molecule has 1 fully saturated rings. The van der Waals surface area contributed by atoms with E-state index in [9.17, 15) is 32.4 Å². The Balaban J connectivity index is 0.000000502. The molecule has 0 atom stereocenters. The molecule has 1 saturated heterocycles. The van der Waals surface area contributed by atoms with Crippen molar-refractivity contribution in [1.82, 2.24) is 9.97 Å². The molecule has 4 aromatic carbocycles. The van der Waals surface area contributed by atoms with E-state index < -0.39 is 69.1 Å². The number of pyridine rings is 2. The van der Waals surface area contributed by atoms with Gasteiger partial charge in [0.15, 0.2) is 28.8 Å². The highest BCUT2D eigenvalue weighted by Gasteiger charge is 2.44. The Morgan fingerprint density at radius 1 is 0.490 bits per heavy atom. The molecule has 0 bridgehead atoms. The highest BCUT2D eigenvalue weighted by molar-refractivity contribution is 7.86. The number of carbonyl (C=O) groups is 5. The molecule has 0 radical (unpaired) electrons. The lowest BCUT2D eigenvalue weighted by atomic mass is 9.79. The largest absolute Gasteiger partial charge is 0.481 e. The lowest BCUT2D eigenvalue weighted by Gasteiger charge is -2.22. The minimum Gasteiger partial charge on any atom is -0.481 e. The Labute approximate surface area is 587 Å². The number of hydrogen-bond acceptors (Lipinski definition) is 26. The molecular formula is C66H79N4O24S6+. The molecule has 0 aliphatic carbocycles. The van der Waals surface area contributed by atoms with Crippen molar-refractivity contribution in [3.63, 3.8) is 0 Å². The number of rotatable bonds is 20. The first-order chi connectivity index (χ1) is 46.6. The van der Waals surface area contributed by atoms with E-state index in [0.29, 0.717) is 67.9 Å². The maximum atomic E-state index is 12.8. The highest BCUT2D eigenvalue weighted by atomic mass is 32.2. The van der Waals surface area contributed by atoms with Gasteiger partial charge >= 0.3 is 59.0 Å². The van der Waals surface area contributed by atoms with Gasteiger partial charge in [-0.05, 0) is 170 Å². The Morgan fingerprint density at radius 3 is 1.27 bits per heavy atom. The van der Waals surface area contributed by atoms with Crippen molar-refractivity contribution in [3.8, 4) is 22.3 Å². The molecule has 0 unspecified atom stereocenters. The van der Waals surface area contributed by atoms with E-state index in [1.165, 1.54) is 38.9 Å². The predicted molar refractivity (Wildman–Crippen MR) is 369 cm³/mol. The topological polar surface area (TPSA) is 446 Å². The number of ketones is 4. The summed E-state index contributed by atoms with van der Waals surface area (Å²) in [7, 11) is -18.6. The van der Waals surface area contributed by atoms with Gasteiger partial charge in [-0.2, -0.15) is 13.0 Å². The molecule has 100 heavy (non-hydrogen) atoms. The van der Waals surface area contributed by atoms with E-state index in [1.54, 1.807) is 0 Å². The van der Waals surface area contributed by atoms with E-state index in [1.807, 2.05) is 52.0 Å². The van der Waals surface area contributed by atoms with Gasteiger partial charge in [-0.3, -0.25) is 33.1 Å². The summed E-state index contributed by atoms with van der Waals surface area (Å²) in [4.78, 5) is 75.4. The van der Waals surface area contributed by atoms with Crippen LogP contribution in [0.1, 0.15) is 211 Å². The number of Topliss-reactive ketones (excluding diaryl/α,β-unsaturated/α-hetero) is 4. The summed E-state index contributed by atoms with van der Waals surface area (Å²) in [5.74, 6) is -0.648. The first-order valence-corrected chi connectivity index (χ1v) is 37.6. The maximum Gasteiger partial charge on any atom is 0.425 e. The van der Waals surface area contributed by atoms with Crippen LogP contribution in [0.2, 0.25) is 0 Å². The van der Waals surface area contributed by atoms with Crippen LogP contribution in [0.15, 0.2) is 83.9 Å². The highest BCUT2D eigenvalue weighted by Crippen LogP contribution is 2.47. The van der Waals surface area contributed by atoms with Gasteiger partial charge in [0.1, 0.15) is 29.3 Å². The average molecular weight is 1500 g/mol. The van der Waals surface area contributed by atoms with Crippen LogP contribution in [0.25, 0.3) is 43.8 Å². The fourth-order valence-electron chi connectivity index (χ4n) is 11.0. The second-order valence-electron chi connectivity index (χ2n) is 23.5. The molecule has 0 saturated carbocycles. The van der Waals surface area contributed by atoms with Crippen molar-refractivity contribution in [2.75, 3.05) is 18.9 Å². The third-order valence-corrected chi connectivity index (χ3v) is 17.1. The van der Waals surface area contributed by atoms with E-state index in [2.05, 4.69) is 122 Å². The van der Waals surface area contributed by atoms with Crippen LogP contribution in [-0.2, 0) is 83.0 Å². The third-order valence-electron chi connectivity index (χ3n) is 15.8. The summed E-state index contributed by atoms with van der Waals surface area (Å²) >= 11 is 0. The Morgan fingerprint density at radius 2 is 0.900 bits per heavy atom. The summed E-state index contributed by atoms with van der Waals surface area (Å²) in [5, 5.41) is 13.6. The Bertz CT molecular complexity index is 4580. The molecule has 34 heteroatoms. The number of aryl methyl sites for hydroxylation is 1. The lowest BCUT2D eigenvalue weighted by molar-refractivity contribution is -0.439. The number of aliphatic carboxylic acids is 1. The van der Waals surface area contributed by atoms with Crippen molar-refractivity contribution in [2.45, 2.75) is 170 Å². The molecular weight excluding hydrogens is 1430 g/mol. The first-order valence-electron chi connectivity index (χ1n) is 31.0. The fourth-order valence-corrected chi connectivity index (χ4v) is 11.9. The minimum atomic E-state index is -3.11. The van der Waals surface area contributed by atoms with Gasteiger partial charge in [-0.25, -0.2) is 9.97 Å². The van der Waals surface area contributed by atoms with Crippen LogP contribution in [0, 0.1) is 6.92 Å². The first kappa shape index (κ1) is 87.3. The van der Waals surface area contributed by atoms with E-state index in [4.69, 9.17) is 73.2 Å². The molecule has 542 valence electrons. The summed E-state index contributed by atoms with van der Waals surface area (Å²) in [6, 6.07) is 26.6. The van der Waals surface area contributed by atoms with Gasteiger partial charge in [0.2, 0.25) is 5.69 Å². The molecule has 9 rings (SSSR count). The standard InChI is InChI=1S/C35H42N2O4.C28H30N2O2.C3H6O3S.5O3S/c1-7-12-31(38)28-20-25(21-29(36-28)32(39)13-8-2)24-15-16-26-27(19-24)22(3)18-30-34(26)35(5,6)23(4)37(30)17-11-9-10-14-33(40)41;1-6-8-25(31)23-15-20(16-24(30-23)26(32)9-7-2)18-10-12-21-19(14-18)11-13-22-27(21)28(4,5)17(3)29-22;4-7(5)3-1-2-6-7;5*1-4(2)3/h15-16,18-21H,7-14,17H2,1-6H3;10-16H,6-9H2,1-5H3;1-3H2;;;;;/p+1. The summed E-state index contributed by atoms with van der Waals surface area (Å²) in [6.45, 7) is 24.5. The molecule has 28 nitrogen and oxygen atoms in total. The van der Waals surface area contributed by atoms with E-state index >= 15 is 0 Å². The van der Waals surface area contributed by atoms with Crippen LogP contribution >= 0.6 is 0 Å². The number of benzene rings is 4. The number of aromatic nitrogens is 2. The van der Waals surface area contributed by atoms with Gasteiger partial charge in [0.25, 0.3) is 10.1 Å². The van der Waals surface area contributed by atoms with Crippen LogP contribution in [0.4, 0.5) is 11.4 Å². The minimum absolute atomic E-state index is 0.0205. The monoisotopic (exact) mass is 1500 g/mol. The second kappa shape index (κ2) is 41.1. The SMILES string of the molecule is CCCC(=O)c1cc(-c2ccc3c4c(cc(C)c3c2)[N+](CCCCCC(=O)O)=C(C)C4(C)C)cc(C(=O)CCC)n1.CCCC(=O)c1cc(-c2ccc3c4c(ccc3c2)N=C(C)C4(C)C)cc(C(=O)CCC)n1.O=S(=O)=O.O=S(=O)=O.O=S(=O)=O.O=S(=O)=O.O=S(=O)=O.O=S1(=O)CCCO1. The fraction of sp³-hybridized carbons (Fsp3) is 0.439. The zero-order chi connectivity index (χ0) is 76.2. The van der Waals surface area contributed by atoms with Gasteiger partial charge in [0.05, 0.1) is 23.5 Å². The number of hydrogen-bond donors (Lipinski definition) is 1. The van der Waals surface area contributed by atoms with E-state index in [-0.39, 0.29) is 46.1 Å². The lowest BCUT2D eigenvalue weighted by Crippen LogP contribution is -2.26. The molecule has 3 aliphatic rings. The molecule has 5 heterocycles. The van der Waals surface area contributed by atoms with Gasteiger partial charge < -0.3 is 5.11 Å². The Hall–Kier alpha value is -8.80. The van der Waals surface area contributed by atoms with Gasteiger partial charge in [-0.15, -0.1) is 63.1 Å². The molecule has 0 amide bonds. The quantitative estimate of drug-likeness (QED) is 0.0321. The molecule has 3 aliphatic heterocycles. The van der Waals surface area contributed by atoms with Gasteiger partial charge in [0, 0.05) is 68.2 Å². The zero-order valence-corrected chi connectivity index (χ0v) is 61.8. The summed E-state index contributed by atoms with van der Waals surface area (Å²) in [5.41, 5.74) is 13.3. The Kier molecular flexibility index (Phi) is 35.8. The zero-order valence-electron chi connectivity index (χ0n) is 56.9. The molecule has 0 spiro atoms. The number of aliphatic imine (C=N–C) groups is 1. The van der Waals surface area contributed by atoms with Crippen LogP contribution in [-0.4, -0.2) is 151 Å². The average Bonchev–Trinajstić information content (AvgIpc) is 1.55. The maximum absolute atomic E-state index is 12.8. The molecule has 1 N–H and O–H groups in total. The van der Waals surface area contributed by atoms with Crippen LogP contribution < -0.4 is 0 Å². The number of nitrogens with zero attached hydrogens (tertiary/aromatic N) is 4. The smallest absolute Gasteiger partial charge is 0.425 e. The second-order valence-corrected chi connectivity index (χ2v) is 27.3. The number of carboxylic acid groups (broad SMARTS) is 1. The van der Waals surface area contributed by atoms with Crippen molar-refractivity contribution < 1.29 is 109 Å². The number of carboxylic acids is 1. The van der Waals surface area contributed by atoms with Crippen molar-refractivity contribution in [3.05, 3.63) is 118 Å². The van der Waals surface area contributed by atoms with Gasteiger partial charge in [-0.1, -0.05) is 71.9 Å². The normalized spacial score (nSPS) is 13.5. The molecule has 6 aromatic rings. The van der Waals surface area contributed by atoms with Crippen LogP contribution in [0.3, 0.4) is 0 Å². The predicted octanol–water partition coefficient (Wildman–Crippen LogP) is 10.2. The number of carbonyl (C=O) groups excluding carboxylic acids is 4.